The molecule has 35 heteroatoms. The SMILES string of the molecule is CN=C(N)NCCCC(NC(=O)C(CC(C)C)n1cc(CNC(=O)C(Cc2ccccc2)NC(=O)C(CO)NC(=O)C(CC(N)=O)NC(=O)C(CCCCNC(C)=O)NC(=O)C(CC(N)=O)NC(=O)C(Cc2ccc(O)cc2)NC(C)=O)nn1)C(=O)NC(Cc1ccc(O)cc1)C(N)=O. The molecule has 13 amide bonds. The Morgan fingerprint density at radius 3 is 1.41 bits per heavy atom. The van der Waals surface area contributed by atoms with Crippen molar-refractivity contribution in [3.63, 3.8) is 0 Å². The van der Waals surface area contributed by atoms with E-state index in [2.05, 4.69) is 73.8 Å². The Labute approximate surface area is 570 Å². The molecular formula is C64H91N19O16. The van der Waals surface area contributed by atoms with E-state index in [4.69, 9.17) is 22.9 Å². The van der Waals surface area contributed by atoms with Crippen molar-refractivity contribution < 1.29 is 77.6 Å². The second kappa shape index (κ2) is 41.0. The zero-order chi connectivity index (χ0) is 73.3. The number of phenols is 2. The molecule has 35 nitrogen and oxygen atoms in total. The lowest BCUT2D eigenvalue weighted by molar-refractivity contribution is -0.137. The number of amides is 13. The van der Waals surface area contributed by atoms with Crippen LogP contribution >= 0.6 is 0 Å². The van der Waals surface area contributed by atoms with E-state index in [-0.39, 0.29) is 112 Å². The number of aliphatic imine (C=N–C) groups is 1. The zero-order valence-electron chi connectivity index (χ0n) is 55.7. The number of nitrogens with one attached hydrogen (secondary N) is 11. The van der Waals surface area contributed by atoms with Gasteiger partial charge in [-0.1, -0.05) is 73.7 Å². The largest absolute Gasteiger partial charge is 0.508 e. The maximum atomic E-state index is 14.3. The van der Waals surface area contributed by atoms with E-state index in [1.165, 1.54) is 61.2 Å². The van der Waals surface area contributed by atoms with Crippen molar-refractivity contribution in [3.8, 4) is 11.5 Å². The highest BCUT2D eigenvalue weighted by Gasteiger charge is 2.36. The van der Waals surface area contributed by atoms with Gasteiger partial charge in [-0.3, -0.25) is 67.3 Å². The van der Waals surface area contributed by atoms with Crippen molar-refractivity contribution in [2.75, 3.05) is 26.7 Å². The highest BCUT2D eigenvalue weighted by Crippen LogP contribution is 2.20. The number of benzene rings is 3. The Balaban J connectivity index is 1.54. The molecule has 99 heavy (non-hydrogen) atoms. The molecule has 0 saturated heterocycles. The number of primary amides is 3. The molecule has 0 fully saturated rings. The Kier molecular flexibility index (Phi) is 33.2. The number of aromatic nitrogens is 3. The number of carbonyl (C=O) groups excluding carboxylic acids is 13. The molecule has 0 saturated carbocycles. The van der Waals surface area contributed by atoms with Crippen LogP contribution in [0.5, 0.6) is 11.5 Å². The molecule has 1 aromatic heterocycles. The molecule has 3 aromatic carbocycles. The Morgan fingerprint density at radius 2 is 0.919 bits per heavy atom. The predicted octanol–water partition coefficient (Wildman–Crippen LogP) is -4.63. The average molecular weight is 1380 g/mol. The molecule has 4 aromatic rings. The highest BCUT2D eigenvalue weighted by molar-refractivity contribution is 5.99. The van der Waals surface area contributed by atoms with Crippen LogP contribution in [0.1, 0.15) is 107 Å². The molecule has 4 rings (SSSR count). The van der Waals surface area contributed by atoms with Crippen molar-refractivity contribution in [1.29, 1.82) is 0 Å². The molecule has 0 aliphatic carbocycles. The van der Waals surface area contributed by atoms with Crippen molar-refractivity contribution in [2.45, 2.75) is 159 Å². The molecule has 22 N–H and O–H groups in total. The molecule has 9 atom stereocenters. The van der Waals surface area contributed by atoms with Gasteiger partial charge in [0.2, 0.25) is 76.8 Å². The average Bonchev–Trinajstić information content (AvgIpc) is 1.85. The summed E-state index contributed by atoms with van der Waals surface area (Å²) in [6, 6.07) is 6.53. The topological polar surface area (TPSA) is 562 Å². The summed E-state index contributed by atoms with van der Waals surface area (Å²) in [5, 5.41) is 66.4. The molecule has 0 aliphatic heterocycles. The van der Waals surface area contributed by atoms with E-state index in [0.717, 1.165) is 6.92 Å². The van der Waals surface area contributed by atoms with Gasteiger partial charge < -0.3 is 96.7 Å². The second-order valence-electron chi connectivity index (χ2n) is 23.7. The smallest absolute Gasteiger partial charge is 0.245 e. The quantitative estimate of drug-likeness (QED) is 0.0113. The van der Waals surface area contributed by atoms with Gasteiger partial charge in [0.1, 0.15) is 71.6 Å². The predicted molar refractivity (Wildman–Crippen MR) is 356 cm³/mol. The summed E-state index contributed by atoms with van der Waals surface area (Å²) in [4.78, 5) is 178. The van der Waals surface area contributed by atoms with Gasteiger partial charge in [0, 0.05) is 53.2 Å². The second-order valence-corrected chi connectivity index (χ2v) is 23.7. The van der Waals surface area contributed by atoms with Crippen LogP contribution in [0.4, 0.5) is 0 Å². The Hall–Kier alpha value is -11.3. The maximum absolute atomic E-state index is 14.3. The third kappa shape index (κ3) is 29.3. The number of hydrogen-bond acceptors (Lipinski definition) is 19. The monoisotopic (exact) mass is 1380 g/mol. The van der Waals surface area contributed by atoms with Gasteiger partial charge in [0.25, 0.3) is 0 Å². The number of rotatable bonds is 42. The van der Waals surface area contributed by atoms with Gasteiger partial charge >= 0.3 is 0 Å². The summed E-state index contributed by atoms with van der Waals surface area (Å²) in [5.74, 6) is -11.9. The van der Waals surface area contributed by atoms with Crippen molar-refractivity contribution in [2.24, 2.45) is 33.8 Å². The van der Waals surface area contributed by atoms with Crippen LogP contribution in [0.15, 0.2) is 90.1 Å². The number of aliphatic hydroxyl groups excluding tert-OH is 1. The summed E-state index contributed by atoms with van der Waals surface area (Å²) in [6.07, 6.45) is -0.0208. The molecule has 538 valence electrons. The highest BCUT2D eigenvalue weighted by atomic mass is 16.3. The number of aromatic hydroxyl groups is 2. The lowest BCUT2D eigenvalue weighted by Gasteiger charge is -2.27. The fourth-order valence-corrected chi connectivity index (χ4v) is 9.90. The summed E-state index contributed by atoms with van der Waals surface area (Å²) in [5.41, 5.74) is 24.2. The molecule has 0 aliphatic rings. The van der Waals surface area contributed by atoms with Crippen LogP contribution in [0.2, 0.25) is 0 Å². The first-order valence-corrected chi connectivity index (χ1v) is 31.8. The van der Waals surface area contributed by atoms with E-state index in [1.807, 2.05) is 13.8 Å². The van der Waals surface area contributed by atoms with E-state index in [1.54, 1.807) is 42.5 Å². The van der Waals surface area contributed by atoms with E-state index >= 15 is 0 Å². The normalized spacial score (nSPS) is 13.9. The van der Waals surface area contributed by atoms with Crippen LogP contribution in [0.25, 0.3) is 0 Å². The number of aliphatic hydroxyl groups is 1. The minimum atomic E-state index is -1.91. The van der Waals surface area contributed by atoms with Crippen LogP contribution in [0.3, 0.4) is 0 Å². The number of phenolic OH excluding ortho intramolecular Hbond substituents is 2. The molecule has 0 bridgehead atoms. The summed E-state index contributed by atoms with van der Waals surface area (Å²) < 4.78 is 1.25. The standard InChI is InChI=1S/C64H91N19O16/c1-35(2)26-52(63(99)75-45(15-11-25-71-64(68)69-5)57(93)76-46(55(67)91)27-39-16-20-42(87)21-17-39)83-33-41(81-82-83)32-72-56(92)47(28-38-12-7-6-8-13-38)77-62(98)51(34-84)80-61(97)50(31-54(66)90)78-58(94)44(14-9-10-24-70-36(3)85)74-60(96)49(30-53(65)89)79-59(95)48(73-37(4)86)29-40-18-22-43(88)23-19-40/h6-8,12-13,16-23,33,35,44-52,84,87-88H,9-11,14-15,24-32,34H2,1-5H3,(H2,65,89)(H2,66,90)(H2,67,91)(H,70,85)(H,72,92)(H,73,86)(H,74,96)(H,75,99)(H,76,93)(H,77,98)(H,78,94)(H,79,95)(H,80,97)(H3,68,69,71). The van der Waals surface area contributed by atoms with Crippen LogP contribution in [0, 0.1) is 5.92 Å². The first-order chi connectivity index (χ1) is 46.9. The number of hydrogen-bond donors (Lipinski definition) is 18. The third-order valence-corrected chi connectivity index (χ3v) is 15.0. The molecule has 0 spiro atoms. The van der Waals surface area contributed by atoms with E-state index < -0.39 is 145 Å². The number of nitrogens with zero attached hydrogens (tertiary/aromatic N) is 4. The van der Waals surface area contributed by atoms with Crippen LogP contribution in [-0.4, -0.2) is 188 Å². The fourth-order valence-electron chi connectivity index (χ4n) is 9.90. The Morgan fingerprint density at radius 1 is 0.485 bits per heavy atom. The fraction of sp³-hybridized carbons (Fsp3) is 0.469. The van der Waals surface area contributed by atoms with Gasteiger partial charge in [-0.15, -0.1) is 5.10 Å². The van der Waals surface area contributed by atoms with E-state index in [9.17, 15) is 77.6 Å². The zero-order valence-corrected chi connectivity index (χ0v) is 55.7. The molecular weight excluding hydrogens is 1290 g/mol. The number of carbonyl (C=O) groups is 13. The van der Waals surface area contributed by atoms with Gasteiger partial charge in [0.05, 0.1) is 32.2 Å². The molecule has 1 heterocycles. The van der Waals surface area contributed by atoms with Crippen LogP contribution in [-0.2, 0) is 88.1 Å². The summed E-state index contributed by atoms with van der Waals surface area (Å²) >= 11 is 0. The first kappa shape index (κ1) is 80.2. The third-order valence-electron chi connectivity index (χ3n) is 15.0. The lowest BCUT2D eigenvalue weighted by atomic mass is 10.0. The first-order valence-electron chi connectivity index (χ1n) is 31.8. The molecule has 0 radical (unpaired) electrons. The van der Waals surface area contributed by atoms with Crippen molar-refractivity contribution in [3.05, 3.63) is 107 Å². The van der Waals surface area contributed by atoms with Crippen LogP contribution < -0.4 is 81.4 Å². The summed E-state index contributed by atoms with van der Waals surface area (Å²) in [7, 11) is 1.48. The van der Waals surface area contributed by atoms with Gasteiger partial charge in [0.15, 0.2) is 5.96 Å². The van der Waals surface area contributed by atoms with E-state index in [0.29, 0.717) is 16.7 Å². The molecule has 9 unspecified atom stereocenters. The minimum Gasteiger partial charge on any atom is -0.508 e. The number of unbranched alkanes of at least 4 members (excludes halogenated alkanes) is 1. The lowest BCUT2D eigenvalue weighted by Crippen LogP contribution is -2.61. The van der Waals surface area contributed by atoms with Crippen molar-refractivity contribution >= 4 is 82.8 Å². The van der Waals surface area contributed by atoms with Crippen molar-refractivity contribution in [1.82, 2.24) is 73.5 Å². The van der Waals surface area contributed by atoms with Gasteiger partial charge in [-0.05, 0) is 85.4 Å². The number of nitrogens with two attached hydrogens (primary N) is 4. The Bertz CT molecular complexity index is 3440. The number of guanidine groups is 1. The summed E-state index contributed by atoms with van der Waals surface area (Å²) in [6.45, 7) is 5.05. The maximum Gasteiger partial charge on any atom is 0.245 e. The minimum absolute atomic E-state index is 0.0141. The van der Waals surface area contributed by atoms with Gasteiger partial charge in [-0.25, -0.2) is 4.68 Å². The van der Waals surface area contributed by atoms with Gasteiger partial charge in [-0.2, -0.15) is 0 Å².